The number of benzene rings is 3. The summed E-state index contributed by atoms with van der Waals surface area (Å²) in [5.74, 6) is 3.40. The van der Waals surface area contributed by atoms with Crippen LogP contribution in [-0.4, -0.2) is 35.2 Å². The molecule has 1 amide bonds. The minimum Gasteiger partial charge on any atom is -0.497 e. The summed E-state index contributed by atoms with van der Waals surface area (Å²) in [6.07, 6.45) is 2.21. The van der Waals surface area contributed by atoms with Gasteiger partial charge in [0.1, 0.15) is 23.0 Å². The van der Waals surface area contributed by atoms with Crippen molar-refractivity contribution in [2.24, 2.45) is 0 Å². The Morgan fingerprint density at radius 1 is 0.947 bits per heavy atom. The molecule has 0 spiro atoms. The molecule has 1 saturated carbocycles. The lowest BCUT2D eigenvalue weighted by Crippen LogP contribution is -2.41. The van der Waals surface area contributed by atoms with Gasteiger partial charge in [-0.15, -0.1) is 0 Å². The van der Waals surface area contributed by atoms with E-state index in [1.54, 1.807) is 31.4 Å². The number of carbonyl (C=O) groups excluding carboxylic acids is 1. The average Bonchev–Trinajstić information content (AvgIpc) is 3.58. The minimum atomic E-state index is -0.353. The lowest BCUT2D eigenvalue weighted by Gasteiger charge is -2.28. The number of hydrogen-bond donors (Lipinski definition) is 0. The van der Waals surface area contributed by atoms with Gasteiger partial charge < -0.3 is 18.6 Å². The van der Waals surface area contributed by atoms with E-state index < -0.39 is 0 Å². The summed E-state index contributed by atoms with van der Waals surface area (Å²) < 4.78 is 22.7. The molecule has 196 valence electrons. The number of carbonyl (C=O) groups is 1. The Bertz CT molecular complexity index is 1360. The Kier molecular flexibility index (Phi) is 7.36. The second-order valence-corrected chi connectivity index (χ2v) is 9.76. The first-order valence-electron chi connectivity index (χ1n) is 12.8. The average molecular weight is 513 g/mol. The van der Waals surface area contributed by atoms with E-state index in [9.17, 15) is 4.79 Å². The highest BCUT2D eigenvalue weighted by Gasteiger charge is 2.46. The lowest BCUT2D eigenvalue weighted by atomic mass is 10.1. The van der Waals surface area contributed by atoms with Crippen LogP contribution in [0.4, 0.5) is 4.79 Å². The van der Waals surface area contributed by atoms with Crippen molar-refractivity contribution in [3.63, 3.8) is 0 Å². The molecule has 0 bridgehead atoms. The van der Waals surface area contributed by atoms with Crippen LogP contribution in [0.5, 0.6) is 17.2 Å². The SMILES string of the molecule is COc1ccc(OC(=O)N(Cc2ccc(OCCc3nc(-c4ccccc4)oc3C)cc2)C2(C)CC2)cc1. The van der Waals surface area contributed by atoms with Crippen LogP contribution in [0.1, 0.15) is 36.8 Å². The molecule has 0 saturated heterocycles. The van der Waals surface area contributed by atoms with Gasteiger partial charge in [0.05, 0.1) is 19.4 Å². The Labute approximate surface area is 223 Å². The molecule has 38 heavy (non-hydrogen) atoms. The van der Waals surface area contributed by atoms with Crippen LogP contribution in [0.2, 0.25) is 0 Å². The summed E-state index contributed by atoms with van der Waals surface area (Å²) >= 11 is 0. The van der Waals surface area contributed by atoms with E-state index in [1.165, 1.54) is 0 Å². The molecule has 1 fully saturated rings. The predicted octanol–water partition coefficient (Wildman–Crippen LogP) is 6.83. The number of ether oxygens (including phenoxy) is 3. The van der Waals surface area contributed by atoms with Crippen LogP contribution in [-0.2, 0) is 13.0 Å². The molecule has 7 nitrogen and oxygen atoms in total. The molecule has 1 heterocycles. The van der Waals surface area contributed by atoms with Gasteiger partial charge in [-0.1, -0.05) is 30.3 Å². The first kappa shape index (κ1) is 25.4. The monoisotopic (exact) mass is 512 g/mol. The molecule has 1 aromatic heterocycles. The molecule has 0 N–H and O–H groups in total. The number of aryl methyl sites for hydroxylation is 1. The van der Waals surface area contributed by atoms with Crippen LogP contribution in [0.15, 0.2) is 83.3 Å². The van der Waals surface area contributed by atoms with E-state index in [1.807, 2.05) is 66.4 Å². The standard InChI is InChI=1S/C31H32N2O5/c1-22-28(32-29(37-22)24-7-5-4-6-8-24)17-20-36-26-11-9-23(10-12-26)21-33(31(2)18-19-31)30(34)38-27-15-13-25(35-3)14-16-27/h4-16H,17-21H2,1-3H3. The van der Waals surface area contributed by atoms with E-state index in [4.69, 9.17) is 18.6 Å². The molecule has 0 atom stereocenters. The minimum absolute atomic E-state index is 0.188. The number of rotatable bonds is 10. The van der Waals surface area contributed by atoms with Gasteiger partial charge in [-0.3, -0.25) is 4.90 Å². The molecular formula is C31H32N2O5. The van der Waals surface area contributed by atoms with Crippen LogP contribution in [0.25, 0.3) is 11.5 Å². The van der Waals surface area contributed by atoms with Gasteiger partial charge in [0.15, 0.2) is 0 Å². The highest BCUT2D eigenvalue weighted by molar-refractivity contribution is 5.72. The summed E-state index contributed by atoms with van der Waals surface area (Å²) in [6.45, 7) is 4.97. The number of aromatic nitrogens is 1. The second kappa shape index (κ2) is 11.0. The molecule has 1 aliphatic carbocycles. The van der Waals surface area contributed by atoms with Crippen molar-refractivity contribution in [1.82, 2.24) is 9.88 Å². The summed E-state index contributed by atoms with van der Waals surface area (Å²) in [4.78, 5) is 19.5. The Hall–Kier alpha value is -4.26. The van der Waals surface area contributed by atoms with E-state index >= 15 is 0 Å². The summed E-state index contributed by atoms with van der Waals surface area (Å²) in [6, 6.07) is 24.7. The van der Waals surface area contributed by atoms with Crippen molar-refractivity contribution < 1.29 is 23.4 Å². The predicted molar refractivity (Wildman–Crippen MR) is 145 cm³/mol. The zero-order valence-electron chi connectivity index (χ0n) is 22.0. The van der Waals surface area contributed by atoms with Crippen molar-refractivity contribution in [2.75, 3.05) is 13.7 Å². The Morgan fingerprint density at radius 3 is 2.26 bits per heavy atom. The quantitative estimate of drug-likeness (QED) is 0.232. The van der Waals surface area contributed by atoms with Crippen molar-refractivity contribution in [2.45, 2.75) is 45.2 Å². The van der Waals surface area contributed by atoms with Gasteiger partial charge in [-0.25, -0.2) is 9.78 Å². The molecule has 1 aliphatic rings. The molecule has 5 rings (SSSR count). The van der Waals surface area contributed by atoms with Gasteiger partial charge in [-0.2, -0.15) is 0 Å². The molecule has 0 radical (unpaired) electrons. The summed E-state index contributed by atoms with van der Waals surface area (Å²) in [5, 5.41) is 0. The molecule has 0 unspecified atom stereocenters. The Balaban J connectivity index is 1.16. The second-order valence-electron chi connectivity index (χ2n) is 9.76. The van der Waals surface area contributed by atoms with Gasteiger partial charge in [-0.05, 0) is 80.8 Å². The number of nitrogens with zero attached hydrogens (tertiary/aromatic N) is 2. The van der Waals surface area contributed by atoms with E-state index in [2.05, 4.69) is 11.9 Å². The van der Waals surface area contributed by atoms with Crippen LogP contribution in [0, 0.1) is 6.92 Å². The van der Waals surface area contributed by atoms with Crippen molar-refractivity contribution >= 4 is 6.09 Å². The maximum absolute atomic E-state index is 13.1. The summed E-state index contributed by atoms with van der Waals surface area (Å²) in [5.41, 5.74) is 2.67. The van der Waals surface area contributed by atoms with Gasteiger partial charge in [0.25, 0.3) is 0 Å². The van der Waals surface area contributed by atoms with Crippen molar-refractivity contribution in [3.05, 3.63) is 95.9 Å². The van der Waals surface area contributed by atoms with Gasteiger partial charge in [0.2, 0.25) is 5.89 Å². The normalized spacial score (nSPS) is 13.6. The zero-order valence-corrected chi connectivity index (χ0v) is 22.0. The molecule has 3 aromatic carbocycles. The third-order valence-electron chi connectivity index (χ3n) is 6.90. The number of amides is 1. The largest absolute Gasteiger partial charge is 0.497 e. The highest BCUT2D eigenvalue weighted by Crippen LogP contribution is 2.42. The fraction of sp³-hybridized carbons (Fsp3) is 0.290. The van der Waals surface area contributed by atoms with Crippen LogP contribution < -0.4 is 14.2 Å². The maximum atomic E-state index is 13.1. The fourth-order valence-corrected chi connectivity index (χ4v) is 4.23. The molecule has 7 heteroatoms. The smallest absolute Gasteiger partial charge is 0.415 e. The zero-order chi connectivity index (χ0) is 26.5. The van der Waals surface area contributed by atoms with Gasteiger partial charge >= 0.3 is 6.09 Å². The third-order valence-corrected chi connectivity index (χ3v) is 6.90. The molecular weight excluding hydrogens is 480 g/mol. The van der Waals surface area contributed by atoms with E-state index in [0.29, 0.717) is 37.0 Å². The van der Waals surface area contributed by atoms with E-state index in [0.717, 1.165) is 41.2 Å². The number of oxazole rings is 1. The van der Waals surface area contributed by atoms with Crippen molar-refractivity contribution in [1.29, 1.82) is 0 Å². The topological polar surface area (TPSA) is 74.0 Å². The molecule has 0 aliphatic heterocycles. The molecule has 4 aromatic rings. The number of hydrogen-bond acceptors (Lipinski definition) is 6. The van der Waals surface area contributed by atoms with Crippen LogP contribution >= 0.6 is 0 Å². The highest BCUT2D eigenvalue weighted by atomic mass is 16.6. The Morgan fingerprint density at radius 2 is 1.61 bits per heavy atom. The van der Waals surface area contributed by atoms with Crippen molar-refractivity contribution in [3.8, 4) is 28.7 Å². The number of methoxy groups -OCH3 is 1. The van der Waals surface area contributed by atoms with E-state index in [-0.39, 0.29) is 11.6 Å². The summed E-state index contributed by atoms with van der Waals surface area (Å²) in [7, 11) is 1.60. The first-order chi connectivity index (χ1) is 18.4. The van der Waals surface area contributed by atoms with Gasteiger partial charge in [0, 0.05) is 24.1 Å². The maximum Gasteiger partial charge on any atom is 0.415 e. The lowest BCUT2D eigenvalue weighted by molar-refractivity contribution is 0.124. The third kappa shape index (κ3) is 5.99. The first-order valence-corrected chi connectivity index (χ1v) is 12.8. The fourth-order valence-electron chi connectivity index (χ4n) is 4.23. The van der Waals surface area contributed by atoms with Crippen LogP contribution in [0.3, 0.4) is 0 Å².